The Balaban J connectivity index is 2.13. The van der Waals surface area contributed by atoms with E-state index >= 15 is 0 Å². The number of hydrogen-bond acceptors (Lipinski definition) is 4. The van der Waals surface area contributed by atoms with Crippen LogP contribution in [0.3, 0.4) is 0 Å². The fourth-order valence-corrected chi connectivity index (χ4v) is 1.87. The van der Waals surface area contributed by atoms with Crippen LogP contribution in [0.2, 0.25) is 0 Å². The van der Waals surface area contributed by atoms with Crippen molar-refractivity contribution in [3.8, 4) is 5.88 Å². The van der Waals surface area contributed by atoms with Gasteiger partial charge < -0.3 is 15.2 Å². The first kappa shape index (κ1) is 16.8. The van der Waals surface area contributed by atoms with E-state index in [4.69, 9.17) is 9.84 Å². The molecule has 0 spiro atoms. The summed E-state index contributed by atoms with van der Waals surface area (Å²) in [5, 5.41) is 11.9. The fraction of sp³-hybridized carbons (Fsp3) is 0.250. The molecule has 0 saturated carbocycles. The molecule has 0 fully saturated rings. The van der Waals surface area contributed by atoms with Gasteiger partial charge in [-0.1, -0.05) is 12.1 Å². The van der Waals surface area contributed by atoms with E-state index in [0.717, 1.165) is 5.56 Å². The highest BCUT2D eigenvalue weighted by atomic mass is 19.3. The molecule has 0 radical (unpaired) electrons. The lowest BCUT2D eigenvalue weighted by Crippen LogP contribution is -2.14. The zero-order valence-electron chi connectivity index (χ0n) is 12.4. The molecule has 1 heterocycles. The molecule has 0 aliphatic rings. The number of amides is 1. The fourth-order valence-electron chi connectivity index (χ4n) is 1.87. The zero-order chi connectivity index (χ0) is 16.8. The molecule has 2 aromatic rings. The number of carbonyl (C=O) groups is 1. The minimum atomic E-state index is -2.61. The van der Waals surface area contributed by atoms with Crippen molar-refractivity contribution in [2.24, 2.45) is 0 Å². The number of nitrogens with zero attached hydrogens (tertiary/aromatic N) is 1. The lowest BCUT2D eigenvalue weighted by Gasteiger charge is -2.11. The van der Waals surface area contributed by atoms with Crippen LogP contribution in [0.4, 0.5) is 14.5 Å². The van der Waals surface area contributed by atoms with Crippen molar-refractivity contribution in [1.29, 1.82) is 0 Å². The van der Waals surface area contributed by atoms with Crippen LogP contribution in [-0.4, -0.2) is 29.0 Å². The lowest BCUT2D eigenvalue weighted by molar-refractivity contribution is 0.0795. The highest BCUT2D eigenvalue weighted by Crippen LogP contribution is 2.19. The lowest BCUT2D eigenvalue weighted by atomic mass is 10.1. The maximum Gasteiger partial charge on any atom is 0.272 e. The quantitative estimate of drug-likeness (QED) is 0.858. The summed E-state index contributed by atoms with van der Waals surface area (Å²) in [7, 11) is 0. The Morgan fingerprint density at radius 3 is 2.83 bits per heavy atom. The summed E-state index contributed by atoms with van der Waals surface area (Å²) in [6.07, 6.45) is -1.30. The first-order chi connectivity index (χ1) is 11.0. The molecule has 5 nitrogen and oxygen atoms in total. The summed E-state index contributed by atoms with van der Waals surface area (Å²) in [4.78, 5) is 16.0. The van der Waals surface area contributed by atoms with E-state index in [1.807, 2.05) is 6.92 Å². The molecule has 2 N–H and O–H groups in total. The molecule has 1 aromatic heterocycles. The molecule has 0 aliphatic carbocycles. The van der Waals surface area contributed by atoms with Crippen molar-refractivity contribution in [3.05, 3.63) is 53.2 Å². The number of pyridine rings is 1. The maximum absolute atomic E-state index is 12.3. The van der Waals surface area contributed by atoms with Crippen molar-refractivity contribution < 1.29 is 23.4 Å². The Labute approximate surface area is 131 Å². The topological polar surface area (TPSA) is 71.5 Å². The van der Waals surface area contributed by atoms with Gasteiger partial charge in [0.25, 0.3) is 12.3 Å². The van der Waals surface area contributed by atoms with E-state index in [2.05, 4.69) is 10.3 Å². The van der Waals surface area contributed by atoms with Gasteiger partial charge in [-0.15, -0.1) is 0 Å². The summed E-state index contributed by atoms with van der Waals surface area (Å²) in [5.74, 6) is -0.466. The summed E-state index contributed by atoms with van der Waals surface area (Å²) in [6, 6.07) is 7.96. The molecular formula is C16H16F2N2O3. The number of aromatic nitrogens is 1. The van der Waals surface area contributed by atoms with Gasteiger partial charge >= 0.3 is 0 Å². The highest BCUT2D eigenvalue weighted by molar-refractivity contribution is 6.04. The van der Waals surface area contributed by atoms with E-state index in [9.17, 15) is 13.6 Å². The number of aliphatic hydroxyl groups excluding tert-OH is 1. The Kier molecular flexibility index (Phi) is 5.59. The van der Waals surface area contributed by atoms with Crippen LogP contribution < -0.4 is 10.1 Å². The van der Waals surface area contributed by atoms with E-state index in [1.165, 1.54) is 18.3 Å². The zero-order valence-corrected chi connectivity index (χ0v) is 12.4. The normalized spacial score (nSPS) is 10.7. The third-order valence-electron chi connectivity index (χ3n) is 3.09. The number of aliphatic hydroxyl groups is 1. The summed E-state index contributed by atoms with van der Waals surface area (Å²) in [5.41, 5.74) is 2.30. The third-order valence-corrected chi connectivity index (χ3v) is 3.09. The molecular weight excluding hydrogens is 306 g/mol. The molecule has 2 rings (SSSR count). The van der Waals surface area contributed by atoms with Crippen LogP contribution >= 0.6 is 0 Å². The first-order valence-corrected chi connectivity index (χ1v) is 6.88. The number of nitrogens with one attached hydrogen (secondary N) is 1. The molecule has 0 aliphatic heterocycles. The molecule has 0 bridgehead atoms. The highest BCUT2D eigenvalue weighted by Gasteiger charge is 2.11. The van der Waals surface area contributed by atoms with Crippen molar-refractivity contribution in [1.82, 2.24) is 4.98 Å². The number of carbonyl (C=O) groups excluding carboxylic acids is 1. The van der Waals surface area contributed by atoms with Crippen molar-refractivity contribution in [3.63, 3.8) is 0 Å². The Bertz CT molecular complexity index is 693. The Morgan fingerprint density at radius 1 is 1.35 bits per heavy atom. The Morgan fingerprint density at radius 2 is 2.13 bits per heavy atom. The summed E-state index contributed by atoms with van der Waals surface area (Å²) < 4.78 is 29.1. The monoisotopic (exact) mass is 322 g/mol. The second-order valence-electron chi connectivity index (χ2n) is 4.85. The standard InChI is InChI=1S/C16H16F2N2O3/c1-10-2-3-11(8-21)6-13(10)20-16(22)12-4-5-19-15(7-12)23-9-14(17)18/h2-7,14,21H,8-9H2,1H3,(H,20,22). The van der Waals surface area contributed by atoms with Gasteiger partial charge in [0.1, 0.15) is 0 Å². The number of anilines is 1. The first-order valence-electron chi connectivity index (χ1n) is 6.88. The number of benzene rings is 1. The van der Waals surface area contributed by atoms with Gasteiger partial charge in [0.15, 0.2) is 6.61 Å². The van der Waals surface area contributed by atoms with Gasteiger partial charge in [-0.3, -0.25) is 4.79 Å². The van der Waals surface area contributed by atoms with E-state index in [-0.39, 0.29) is 18.1 Å². The smallest absolute Gasteiger partial charge is 0.272 e. The van der Waals surface area contributed by atoms with Crippen LogP contribution in [0.1, 0.15) is 21.5 Å². The maximum atomic E-state index is 12.3. The number of aryl methyl sites for hydroxylation is 1. The molecule has 0 saturated heterocycles. The van der Waals surface area contributed by atoms with Gasteiger partial charge in [0.05, 0.1) is 6.61 Å². The van der Waals surface area contributed by atoms with Gasteiger partial charge in [-0.2, -0.15) is 0 Å². The van der Waals surface area contributed by atoms with E-state index in [1.54, 1.807) is 18.2 Å². The number of ether oxygens (including phenoxy) is 1. The van der Waals surface area contributed by atoms with Crippen LogP contribution in [0, 0.1) is 6.92 Å². The third kappa shape index (κ3) is 4.72. The average Bonchev–Trinajstić information content (AvgIpc) is 2.55. The second-order valence-corrected chi connectivity index (χ2v) is 4.85. The van der Waals surface area contributed by atoms with E-state index < -0.39 is 18.9 Å². The molecule has 0 unspecified atom stereocenters. The van der Waals surface area contributed by atoms with Crippen molar-refractivity contribution in [2.75, 3.05) is 11.9 Å². The Hall–Kier alpha value is -2.54. The van der Waals surface area contributed by atoms with Crippen molar-refractivity contribution >= 4 is 11.6 Å². The van der Waals surface area contributed by atoms with Gasteiger partial charge in [0.2, 0.25) is 5.88 Å². The molecule has 1 aromatic carbocycles. The largest absolute Gasteiger partial charge is 0.472 e. The molecule has 23 heavy (non-hydrogen) atoms. The minimum Gasteiger partial charge on any atom is -0.472 e. The number of halogens is 2. The number of hydrogen-bond donors (Lipinski definition) is 2. The molecule has 122 valence electrons. The minimum absolute atomic E-state index is 0.0428. The van der Waals surface area contributed by atoms with Crippen LogP contribution in [0.25, 0.3) is 0 Å². The predicted molar refractivity (Wildman–Crippen MR) is 80.8 cm³/mol. The van der Waals surface area contributed by atoms with Crippen molar-refractivity contribution in [2.45, 2.75) is 20.0 Å². The SMILES string of the molecule is Cc1ccc(CO)cc1NC(=O)c1ccnc(OCC(F)F)c1. The second kappa shape index (κ2) is 7.64. The predicted octanol–water partition coefficient (Wildman–Crippen LogP) is 2.78. The molecule has 1 amide bonds. The van der Waals surface area contributed by atoms with Crippen LogP contribution in [0.15, 0.2) is 36.5 Å². The summed E-state index contributed by atoms with van der Waals surface area (Å²) >= 11 is 0. The summed E-state index contributed by atoms with van der Waals surface area (Å²) in [6.45, 7) is 0.903. The van der Waals surface area contributed by atoms with Gasteiger partial charge in [-0.05, 0) is 30.2 Å². The van der Waals surface area contributed by atoms with Crippen LogP contribution in [-0.2, 0) is 6.61 Å². The average molecular weight is 322 g/mol. The van der Waals surface area contributed by atoms with Gasteiger partial charge in [-0.25, -0.2) is 13.8 Å². The van der Waals surface area contributed by atoms with Gasteiger partial charge in [0, 0.05) is 23.5 Å². The number of alkyl halides is 2. The van der Waals surface area contributed by atoms with E-state index in [0.29, 0.717) is 11.3 Å². The number of rotatable bonds is 6. The molecule has 7 heteroatoms. The molecule has 0 atom stereocenters. The van der Waals surface area contributed by atoms with Crippen LogP contribution in [0.5, 0.6) is 5.88 Å².